The van der Waals surface area contributed by atoms with E-state index in [1.54, 1.807) is 0 Å². The summed E-state index contributed by atoms with van der Waals surface area (Å²) in [6.45, 7) is 0. The van der Waals surface area contributed by atoms with Crippen molar-refractivity contribution in [2.45, 2.75) is 5.92 Å². The summed E-state index contributed by atoms with van der Waals surface area (Å²) in [6, 6.07) is 42.5. The van der Waals surface area contributed by atoms with E-state index in [1.165, 1.54) is 58.4 Å². The second-order valence-corrected chi connectivity index (χ2v) is 9.66. The first-order chi connectivity index (χ1) is 15.9. The molecule has 1 heterocycles. The summed E-state index contributed by atoms with van der Waals surface area (Å²) in [5.74, 6) is 0.207. The van der Waals surface area contributed by atoms with Gasteiger partial charge in [0.05, 0.1) is 0 Å². The number of benzene rings is 6. The minimum atomic E-state index is 0.207. The number of hydrogen-bond acceptors (Lipinski definition) is 1. The van der Waals surface area contributed by atoms with Gasteiger partial charge in [0.15, 0.2) is 0 Å². The highest BCUT2D eigenvalue weighted by Crippen LogP contribution is 2.44. The summed E-state index contributed by atoms with van der Waals surface area (Å²) in [5, 5.41) is 9.40. The van der Waals surface area contributed by atoms with E-state index < -0.39 is 0 Å². The average molecular weight is 425 g/mol. The molecule has 0 saturated carbocycles. The summed E-state index contributed by atoms with van der Waals surface area (Å²) >= 11 is 1.91. The Bertz CT molecular complexity index is 1670. The van der Waals surface area contributed by atoms with E-state index >= 15 is 0 Å². The lowest BCUT2D eigenvalue weighted by atomic mass is 9.84. The second-order valence-electron chi connectivity index (χ2n) is 8.54. The molecule has 0 amide bonds. The molecule has 0 aliphatic heterocycles. The molecule has 150 valence electrons. The Morgan fingerprint density at radius 1 is 0.500 bits per heavy atom. The van der Waals surface area contributed by atoms with Crippen molar-refractivity contribution in [2.24, 2.45) is 0 Å². The Morgan fingerprint density at radius 2 is 1.16 bits per heavy atom. The molecule has 0 radical (unpaired) electrons. The van der Waals surface area contributed by atoms with Crippen molar-refractivity contribution in [2.75, 3.05) is 0 Å². The van der Waals surface area contributed by atoms with E-state index in [2.05, 4.69) is 115 Å². The summed E-state index contributed by atoms with van der Waals surface area (Å²) in [4.78, 5) is 1.40. The first-order valence-corrected chi connectivity index (χ1v) is 11.9. The average Bonchev–Trinajstić information content (AvgIpc) is 3.28. The van der Waals surface area contributed by atoms with Gasteiger partial charge in [0.1, 0.15) is 0 Å². The normalized spacial score (nSPS) is 12.9. The predicted octanol–water partition coefficient (Wildman–Crippen LogP) is 8.98. The van der Waals surface area contributed by atoms with E-state index in [9.17, 15) is 0 Å². The zero-order chi connectivity index (χ0) is 21.1. The molecule has 6 aromatic carbocycles. The van der Waals surface area contributed by atoms with Gasteiger partial charge in [-0.05, 0) is 61.0 Å². The van der Waals surface area contributed by atoms with Gasteiger partial charge in [-0.25, -0.2) is 0 Å². The zero-order valence-electron chi connectivity index (χ0n) is 17.5. The molecule has 0 spiro atoms. The minimum absolute atomic E-state index is 0.207. The molecule has 1 atom stereocenters. The fraction of sp³-hybridized carbons (Fsp3) is 0.0323. The van der Waals surface area contributed by atoms with Crippen LogP contribution >= 0.6 is 11.3 Å². The Hall–Kier alpha value is -3.68. The van der Waals surface area contributed by atoms with Crippen LogP contribution in [0.15, 0.2) is 115 Å². The van der Waals surface area contributed by atoms with E-state index in [0.717, 1.165) is 0 Å². The van der Waals surface area contributed by atoms with E-state index in [0.29, 0.717) is 0 Å². The van der Waals surface area contributed by atoms with Crippen LogP contribution in [0.4, 0.5) is 0 Å². The first kappa shape index (κ1) is 17.9. The second kappa shape index (κ2) is 6.91. The van der Waals surface area contributed by atoms with Crippen molar-refractivity contribution in [3.05, 3.63) is 131 Å². The van der Waals surface area contributed by atoms with Crippen molar-refractivity contribution >= 4 is 53.7 Å². The molecule has 7 aromatic rings. The Kier molecular flexibility index (Phi) is 3.88. The molecule has 1 heteroatoms. The topological polar surface area (TPSA) is 0 Å². The lowest BCUT2D eigenvalue weighted by Gasteiger charge is -2.21. The maximum absolute atomic E-state index is 2.38. The fourth-order valence-corrected chi connectivity index (χ4v) is 6.51. The maximum atomic E-state index is 2.38. The van der Waals surface area contributed by atoms with Gasteiger partial charge in [0, 0.05) is 15.5 Å². The lowest BCUT2D eigenvalue weighted by Crippen LogP contribution is -2.02. The van der Waals surface area contributed by atoms with E-state index in [4.69, 9.17) is 0 Å². The molecule has 0 aliphatic rings. The highest BCUT2D eigenvalue weighted by Gasteiger charge is 2.22. The summed E-state index contributed by atoms with van der Waals surface area (Å²) in [7, 11) is 0. The Morgan fingerprint density at radius 3 is 1.97 bits per heavy atom. The highest BCUT2D eigenvalue weighted by atomic mass is 32.1. The van der Waals surface area contributed by atoms with Crippen molar-refractivity contribution < 1.29 is 0 Å². The molecule has 7 rings (SSSR count). The molecule has 0 bridgehead atoms. The van der Waals surface area contributed by atoms with Gasteiger partial charge in [-0.2, -0.15) is 0 Å². The SMILES string of the molecule is c1ccc(C(c2cc3ccccc3s2)c2ccc3ccc4cccc5ccc2c3c45)cc1. The minimum Gasteiger partial charge on any atom is -0.139 e. The van der Waals surface area contributed by atoms with Gasteiger partial charge in [-0.3, -0.25) is 0 Å². The Labute approximate surface area is 190 Å². The van der Waals surface area contributed by atoms with Gasteiger partial charge in [0.2, 0.25) is 0 Å². The van der Waals surface area contributed by atoms with E-state index in [-0.39, 0.29) is 5.92 Å². The number of rotatable bonds is 3. The summed E-state index contributed by atoms with van der Waals surface area (Å²) in [6.07, 6.45) is 0. The van der Waals surface area contributed by atoms with Crippen LogP contribution in [-0.2, 0) is 0 Å². The molecule has 0 nitrogen and oxygen atoms in total. The maximum Gasteiger partial charge on any atom is 0.0440 e. The van der Waals surface area contributed by atoms with E-state index in [1.807, 2.05) is 11.3 Å². The van der Waals surface area contributed by atoms with Crippen LogP contribution in [-0.4, -0.2) is 0 Å². The summed E-state index contributed by atoms with van der Waals surface area (Å²) < 4.78 is 1.35. The fourth-order valence-electron chi connectivity index (χ4n) is 5.30. The molecule has 32 heavy (non-hydrogen) atoms. The molecule has 1 aromatic heterocycles. The smallest absolute Gasteiger partial charge is 0.0440 e. The van der Waals surface area contributed by atoms with Crippen LogP contribution in [0.1, 0.15) is 21.9 Å². The van der Waals surface area contributed by atoms with Crippen LogP contribution in [0.2, 0.25) is 0 Å². The molecular weight excluding hydrogens is 404 g/mol. The third kappa shape index (κ3) is 2.62. The Balaban J connectivity index is 1.58. The van der Waals surface area contributed by atoms with Gasteiger partial charge in [-0.1, -0.05) is 103 Å². The van der Waals surface area contributed by atoms with Crippen LogP contribution < -0.4 is 0 Å². The van der Waals surface area contributed by atoms with Crippen LogP contribution in [0.5, 0.6) is 0 Å². The molecule has 0 saturated heterocycles. The zero-order valence-corrected chi connectivity index (χ0v) is 18.3. The quantitative estimate of drug-likeness (QED) is 0.248. The van der Waals surface area contributed by atoms with Crippen molar-refractivity contribution in [3.63, 3.8) is 0 Å². The number of thiophene rings is 1. The largest absolute Gasteiger partial charge is 0.139 e. The summed E-state index contributed by atoms with van der Waals surface area (Å²) in [5.41, 5.74) is 2.72. The highest BCUT2D eigenvalue weighted by molar-refractivity contribution is 7.19. The molecule has 0 N–H and O–H groups in total. The monoisotopic (exact) mass is 424 g/mol. The third-order valence-corrected chi connectivity index (χ3v) is 7.92. The van der Waals surface area contributed by atoms with Crippen molar-refractivity contribution in [1.82, 2.24) is 0 Å². The van der Waals surface area contributed by atoms with Gasteiger partial charge in [-0.15, -0.1) is 11.3 Å². The van der Waals surface area contributed by atoms with Crippen molar-refractivity contribution in [1.29, 1.82) is 0 Å². The van der Waals surface area contributed by atoms with Crippen LogP contribution in [0.25, 0.3) is 42.4 Å². The molecule has 0 fully saturated rings. The molecular formula is C31H20S. The number of hydrogen-bond donors (Lipinski definition) is 0. The van der Waals surface area contributed by atoms with Crippen molar-refractivity contribution in [3.8, 4) is 0 Å². The van der Waals surface area contributed by atoms with Gasteiger partial charge in [0.25, 0.3) is 0 Å². The standard InChI is InChI=1S/C31H20S/c1-2-7-20(8-3-1)30(28-19-24-9-4-5-12-27(24)32-28)25-17-16-23-14-13-21-10-6-11-22-15-18-26(25)31(23)29(21)22/h1-19,30H. The van der Waals surface area contributed by atoms with Gasteiger partial charge < -0.3 is 0 Å². The van der Waals surface area contributed by atoms with Crippen LogP contribution in [0.3, 0.4) is 0 Å². The molecule has 1 unspecified atom stereocenters. The predicted molar refractivity (Wildman–Crippen MR) is 139 cm³/mol. The van der Waals surface area contributed by atoms with Crippen LogP contribution in [0, 0.1) is 0 Å². The molecule has 0 aliphatic carbocycles. The first-order valence-electron chi connectivity index (χ1n) is 11.1. The third-order valence-electron chi connectivity index (χ3n) is 6.74. The lowest BCUT2D eigenvalue weighted by molar-refractivity contribution is 1.02. The number of fused-ring (bicyclic) bond motifs is 1. The van der Waals surface area contributed by atoms with Gasteiger partial charge >= 0.3 is 0 Å².